The zero-order valence-corrected chi connectivity index (χ0v) is 12.5. The molecule has 0 aliphatic carbocycles. The summed E-state index contributed by atoms with van der Waals surface area (Å²) in [6, 6.07) is 7.54. The number of benzene rings is 1. The number of ether oxygens (including phenoxy) is 1. The monoisotopic (exact) mass is 317 g/mol. The molecule has 3 aromatic rings. The molecule has 2 heterocycles. The first-order chi connectivity index (χ1) is 10.6. The Balaban J connectivity index is 1.92. The Labute approximate surface area is 129 Å². The first-order valence-electron chi connectivity index (χ1n) is 6.58. The Kier molecular flexibility index (Phi) is 4.03. The number of nitrogens with one attached hydrogen (secondary N) is 1. The number of hydrogen-bond acceptors (Lipinski definition) is 5. The number of aromatic amines is 1. The van der Waals surface area contributed by atoms with Gasteiger partial charge < -0.3 is 15.5 Å². The van der Waals surface area contributed by atoms with E-state index in [0.29, 0.717) is 23.8 Å². The van der Waals surface area contributed by atoms with Crippen molar-refractivity contribution in [2.24, 2.45) is 5.14 Å². The van der Waals surface area contributed by atoms with Gasteiger partial charge in [-0.05, 0) is 17.7 Å². The summed E-state index contributed by atoms with van der Waals surface area (Å²) < 4.78 is 16.4. The van der Waals surface area contributed by atoms with Crippen molar-refractivity contribution in [1.82, 2.24) is 15.0 Å². The van der Waals surface area contributed by atoms with Gasteiger partial charge in [-0.1, -0.05) is 12.1 Å². The van der Waals surface area contributed by atoms with E-state index in [2.05, 4.69) is 15.0 Å². The predicted molar refractivity (Wildman–Crippen MR) is 86.4 cm³/mol. The first kappa shape index (κ1) is 14.5. The fraction of sp³-hybridized carbons (Fsp3) is 0.143. The van der Waals surface area contributed by atoms with E-state index in [1.54, 1.807) is 0 Å². The minimum absolute atomic E-state index is 0.290. The van der Waals surface area contributed by atoms with E-state index in [1.807, 2.05) is 30.5 Å². The van der Waals surface area contributed by atoms with E-state index in [4.69, 9.17) is 15.6 Å². The van der Waals surface area contributed by atoms with Crippen molar-refractivity contribution < 1.29 is 8.95 Å². The third kappa shape index (κ3) is 2.92. The molecule has 1 aromatic carbocycles. The largest absolute Gasteiger partial charge is 0.493 e. The lowest BCUT2D eigenvalue weighted by molar-refractivity contribution is 0.343. The lowest BCUT2D eigenvalue weighted by atomic mass is 10.1. The number of anilines is 1. The van der Waals surface area contributed by atoms with Crippen LogP contribution < -0.4 is 15.6 Å². The number of H-pyrrole nitrogens is 1. The molecular formula is C14H15N5O2S. The van der Waals surface area contributed by atoms with Crippen molar-refractivity contribution in [3.63, 3.8) is 0 Å². The zero-order chi connectivity index (χ0) is 15.5. The molecule has 8 heteroatoms. The molecule has 0 spiro atoms. The van der Waals surface area contributed by atoms with Gasteiger partial charge in [-0.15, -0.1) is 0 Å². The molecular weight excluding hydrogens is 302 g/mol. The zero-order valence-electron chi connectivity index (χ0n) is 11.7. The van der Waals surface area contributed by atoms with Crippen LogP contribution in [0.5, 0.6) is 5.75 Å². The third-order valence-corrected chi connectivity index (χ3v) is 3.77. The van der Waals surface area contributed by atoms with Gasteiger partial charge in [0.2, 0.25) is 0 Å². The average Bonchev–Trinajstić information content (AvgIpc) is 2.93. The number of nitrogens with zero attached hydrogens (tertiary/aromatic N) is 2. The van der Waals surface area contributed by atoms with Crippen molar-refractivity contribution in [3.05, 3.63) is 36.8 Å². The molecule has 0 saturated heterocycles. The Morgan fingerprint density at radius 2 is 2.18 bits per heavy atom. The second-order valence-corrected chi connectivity index (χ2v) is 5.82. The summed E-state index contributed by atoms with van der Waals surface area (Å²) in [6.07, 6.45) is 3.26. The maximum absolute atomic E-state index is 10.8. The van der Waals surface area contributed by atoms with Gasteiger partial charge >= 0.3 is 0 Å². The molecule has 0 aliphatic heterocycles. The van der Waals surface area contributed by atoms with E-state index < -0.39 is 11.0 Å². The highest BCUT2D eigenvalue weighted by atomic mass is 32.2. The molecule has 0 amide bonds. The van der Waals surface area contributed by atoms with Crippen LogP contribution in [-0.2, 0) is 11.0 Å². The molecule has 0 radical (unpaired) electrons. The van der Waals surface area contributed by atoms with Gasteiger partial charge in [0, 0.05) is 11.8 Å². The van der Waals surface area contributed by atoms with Crippen LogP contribution in [0.2, 0.25) is 0 Å². The maximum Gasteiger partial charge on any atom is 0.143 e. The van der Waals surface area contributed by atoms with Crippen LogP contribution in [0.1, 0.15) is 0 Å². The molecule has 2 aromatic heterocycles. The number of hydrogen-bond donors (Lipinski definition) is 3. The molecule has 0 aliphatic rings. The van der Waals surface area contributed by atoms with E-state index >= 15 is 0 Å². The van der Waals surface area contributed by atoms with Gasteiger partial charge in [0.05, 0.1) is 22.1 Å². The number of nitrogen functional groups attached to an aromatic ring is 1. The molecule has 114 valence electrons. The van der Waals surface area contributed by atoms with Crippen LogP contribution >= 0.6 is 0 Å². The van der Waals surface area contributed by atoms with Crippen LogP contribution in [0.25, 0.3) is 22.2 Å². The summed E-state index contributed by atoms with van der Waals surface area (Å²) >= 11 is 0. The Morgan fingerprint density at radius 3 is 3.00 bits per heavy atom. The van der Waals surface area contributed by atoms with Crippen molar-refractivity contribution in [2.75, 3.05) is 18.1 Å². The van der Waals surface area contributed by atoms with E-state index in [0.717, 1.165) is 16.5 Å². The summed E-state index contributed by atoms with van der Waals surface area (Å²) in [5.74, 6) is 1.39. The van der Waals surface area contributed by atoms with Gasteiger partial charge in [-0.3, -0.25) is 5.14 Å². The van der Waals surface area contributed by atoms with Crippen molar-refractivity contribution in [3.8, 4) is 16.9 Å². The smallest absolute Gasteiger partial charge is 0.143 e. The number of aromatic nitrogens is 3. The van der Waals surface area contributed by atoms with Gasteiger partial charge in [0.15, 0.2) is 0 Å². The molecule has 0 fully saturated rings. The fourth-order valence-corrected chi connectivity index (χ4v) is 2.46. The quantitative estimate of drug-likeness (QED) is 0.653. The van der Waals surface area contributed by atoms with Crippen LogP contribution in [-0.4, -0.2) is 31.5 Å². The van der Waals surface area contributed by atoms with Crippen LogP contribution in [0, 0.1) is 0 Å². The summed E-state index contributed by atoms with van der Waals surface area (Å²) in [7, 11) is -1.36. The lowest BCUT2D eigenvalue weighted by Crippen LogP contribution is -2.14. The van der Waals surface area contributed by atoms with Crippen molar-refractivity contribution in [1.29, 1.82) is 0 Å². The minimum Gasteiger partial charge on any atom is -0.493 e. The number of rotatable bonds is 5. The summed E-state index contributed by atoms with van der Waals surface area (Å²) in [5, 5.41) is 5.98. The van der Waals surface area contributed by atoms with Crippen LogP contribution in [0.3, 0.4) is 0 Å². The molecule has 1 unspecified atom stereocenters. The van der Waals surface area contributed by atoms with Crippen LogP contribution in [0.15, 0.2) is 36.8 Å². The SMILES string of the molecule is Nc1ncnc2[nH]cc(-c3cccc(OCCS(N)=O)c3)c12. The highest BCUT2D eigenvalue weighted by Crippen LogP contribution is 2.32. The molecule has 1 atom stereocenters. The minimum atomic E-state index is -1.36. The Bertz CT molecular complexity index is 833. The van der Waals surface area contributed by atoms with Gasteiger partial charge in [-0.25, -0.2) is 14.2 Å². The molecule has 7 nitrogen and oxygen atoms in total. The Hall–Kier alpha value is -2.45. The van der Waals surface area contributed by atoms with Crippen molar-refractivity contribution in [2.45, 2.75) is 0 Å². The lowest BCUT2D eigenvalue weighted by Gasteiger charge is -2.07. The molecule has 22 heavy (non-hydrogen) atoms. The topological polar surface area (TPSA) is 120 Å². The van der Waals surface area contributed by atoms with Crippen molar-refractivity contribution >= 4 is 27.8 Å². The van der Waals surface area contributed by atoms with Gasteiger partial charge in [0.25, 0.3) is 0 Å². The summed E-state index contributed by atoms with van der Waals surface area (Å²) in [5.41, 5.74) is 8.46. The molecule has 0 saturated carbocycles. The van der Waals surface area contributed by atoms with E-state index in [-0.39, 0.29) is 5.75 Å². The molecule has 0 bridgehead atoms. The number of nitrogens with two attached hydrogens (primary N) is 2. The van der Waals surface area contributed by atoms with E-state index in [1.165, 1.54) is 6.33 Å². The number of fused-ring (bicyclic) bond motifs is 1. The maximum atomic E-state index is 10.8. The highest BCUT2D eigenvalue weighted by molar-refractivity contribution is 7.82. The summed E-state index contributed by atoms with van der Waals surface area (Å²) in [4.78, 5) is 11.3. The second-order valence-electron chi connectivity index (χ2n) is 4.65. The summed E-state index contributed by atoms with van der Waals surface area (Å²) in [6.45, 7) is 0.297. The molecule has 5 N–H and O–H groups in total. The molecule has 3 rings (SSSR count). The standard InChI is InChI=1S/C14H15N5O2S/c15-13-12-11(7-17-14(12)19-8-18-13)9-2-1-3-10(6-9)21-4-5-22(16)20/h1-3,6-8H,4-5,16H2,(H3,15,17,18,19). The van der Waals surface area contributed by atoms with E-state index in [9.17, 15) is 4.21 Å². The predicted octanol–water partition coefficient (Wildman–Crippen LogP) is 1.21. The Morgan fingerprint density at radius 1 is 1.32 bits per heavy atom. The average molecular weight is 317 g/mol. The normalized spacial score (nSPS) is 12.4. The first-order valence-corrected chi connectivity index (χ1v) is 7.97. The van der Waals surface area contributed by atoms with Gasteiger partial charge in [0.1, 0.15) is 30.1 Å². The highest BCUT2D eigenvalue weighted by Gasteiger charge is 2.11. The fourth-order valence-electron chi connectivity index (χ4n) is 2.21. The second kappa shape index (κ2) is 6.12. The van der Waals surface area contributed by atoms with Gasteiger partial charge in [-0.2, -0.15) is 0 Å². The van der Waals surface area contributed by atoms with Crippen LogP contribution in [0.4, 0.5) is 5.82 Å². The third-order valence-electron chi connectivity index (χ3n) is 3.20.